The van der Waals surface area contributed by atoms with Crippen molar-refractivity contribution < 1.29 is 15.0 Å². The Balaban J connectivity index is 1.79. The zero-order valence-electron chi connectivity index (χ0n) is 22.1. The third-order valence-corrected chi connectivity index (χ3v) is 7.35. The number of hydrogen-bond donors (Lipinski definition) is 2. The standard InChI is InChI=1S/C30H37N3O3/c1-19-11-20(2)13-22(12-19)30(4,5)29(36)32(6)27-16-31-28(33-17-24(35)14-23(33)18-34)15-26(27)25-10-8-7-9-21(25)3/h7-13,15-16,23-24,34-35H,14,17-18H2,1-6H3/t23-,24+/m0/s1. The lowest BCUT2D eigenvalue weighted by Gasteiger charge is -2.32. The predicted octanol–water partition coefficient (Wildman–Crippen LogP) is 4.55. The lowest BCUT2D eigenvalue weighted by atomic mass is 9.81. The summed E-state index contributed by atoms with van der Waals surface area (Å²) in [5.41, 5.74) is 6.21. The Bertz CT molecular complexity index is 1250. The fraction of sp³-hybridized carbons (Fsp3) is 0.400. The van der Waals surface area contributed by atoms with E-state index < -0.39 is 11.5 Å². The number of aliphatic hydroxyl groups excluding tert-OH is 2. The summed E-state index contributed by atoms with van der Waals surface area (Å²) in [4.78, 5) is 22.3. The second-order valence-corrected chi connectivity index (χ2v) is 10.6. The molecule has 0 radical (unpaired) electrons. The second-order valence-electron chi connectivity index (χ2n) is 10.6. The van der Waals surface area contributed by atoms with Gasteiger partial charge in [0.2, 0.25) is 5.91 Å². The minimum absolute atomic E-state index is 0.0262. The molecule has 6 heteroatoms. The van der Waals surface area contributed by atoms with Gasteiger partial charge in [0.15, 0.2) is 0 Å². The maximum Gasteiger partial charge on any atom is 0.236 e. The van der Waals surface area contributed by atoms with Gasteiger partial charge in [-0.2, -0.15) is 0 Å². The van der Waals surface area contributed by atoms with Gasteiger partial charge < -0.3 is 20.0 Å². The molecule has 0 aliphatic carbocycles. The molecule has 1 aliphatic heterocycles. The van der Waals surface area contributed by atoms with Gasteiger partial charge in [-0.3, -0.25) is 4.79 Å². The molecular weight excluding hydrogens is 450 g/mol. The Morgan fingerprint density at radius 3 is 2.39 bits per heavy atom. The minimum atomic E-state index is -0.742. The predicted molar refractivity (Wildman–Crippen MR) is 146 cm³/mol. The molecule has 0 unspecified atom stereocenters. The quantitative estimate of drug-likeness (QED) is 0.534. The first-order valence-corrected chi connectivity index (χ1v) is 12.5. The van der Waals surface area contributed by atoms with Crippen LogP contribution in [0, 0.1) is 20.8 Å². The van der Waals surface area contributed by atoms with Crippen LogP contribution in [0.15, 0.2) is 54.7 Å². The highest BCUT2D eigenvalue weighted by atomic mass is 16.3. The molecule has 1 aliphatic rings. The summed E-state index contributed by atoms with van der Waals surface area (Å²) in [6.45, 7) is 10.4. The molecule has 2 N–H and O–H groups in total. The van der Waals surface area contributed by atoms with Gasteiger partial charge in [0, 0.05) is 19.2 Å². The van der Waals surface area contributed by atoms with Crippen molar-refractivity contribution in [3.8, 4) is 11.1 Å². The number of aliphatic hydroxyl groups is 2. The number of carbonyl (C=O) groups is 1. The number of aryl methyl sites for hydroxylation is 3. The van der Waals surface area contributed by atoms with Gasteiger partial charge in [-0.15, -0.1) is 0 Å². The van der Waals surface area contributed by atoms with E-state index in [0.717, 1.165) is 39.1 Å². The van der Waals surface area contributed by atoms with Crippen molar-refractivity contribution in [2.24, 2.45) is 0 Å². The summed E-state index contributed by atoms with van der Waals surface area (Å²) in [7, 11) is 1.81. The summed E-state index contributed by atoms with van der Waals surface area (Å²) in [5.74, 6) is 0.656. The number of rotatable bonds is 6. The number of likely N-dealkylation sites (N-methyl/N-ethyl adjacent to an activating group) is 1. The number of aromatic nitrogens is 1. The van der Waals surface area contributed by atoms with Gasteiger partial charge in [-0.05, 0) is 63.8 Å². The topological polar surface area (TPSA) is 76.9 Å². The lowest BCUT2D eigenvalue weighted by Crippen LogP contribution is -2.42. The molecule has 0 spiro atoms. The van der Waals surface area contributed by atoms with Crippen molar-refractivity contribution in [3.05, 3.63) is 77.0 Å². The molecule has 1 fully saturated rings. The van der Waals surface area contributed by atoms with E-state index >= 15 is 0 Å². The number of nitrogens with zero attached hydrogens (tertiary/aromatic N) is 3. The zero-order valence-corrected chi connectivity index (χ0v) is 22.1. The van der Waals surface area contributed by atoms with Crippen molar-refractivity contribution in [1.82, 2.24) is 4.98 Å². The number of benzene rings is 2. The smallest absolute Gasteiger partial charge is 0.236 e. The van der Waals surface area contributed by atoms with Gasteiger partial charge >= 0.3 is 0 Å². The molecule has 1 amide bonds. The Hall–Kier alpha value is -3.22. The first-order chi connectivity index (χ1) is 17.0. The zero-order chi connectivity index (χ0) is 26.2. The van der Waals surface area contributed by atoms with Gasteiger partial charge in [0.1, 0.15) is 5.82 Å². The number of amides is 1. The molecule has 36 heavy (non-hydrogen) atoms. The Kier molecular flexibility index (Phi) is 7.21. The molecule has 1 saturated heterocycles. The highest BCUT2D eigenvalue weighted by Gasteiger charge is 2.35. The third-order valence-electron chi connectivity index (χ3n) is 7.35. The van der Waals surface area contributed by atoms with E-state index in [2.05, 4.69) is 45.0 Å². The Morgan fingerprint density at radius 2 is 1.75 bits per heavy atom. The summed E-state index contributed by atoms with van der Waals surface area (Å²) in [6.07, 6.45) is 1.74. The normalized spacial score (nSPS) is 17.9. The van der Waals surface area contributed by atoms with E-state index in [0.29, 0.717) is 18.8 Å². The maximum atomic E-state index is 14.0. The van der Waals surface area contributed by atoms with Gasteiger partial charge in [0.05, 0.1) is 36.1 Å². The van der Waals surface area contributed by atoms with Crippen molar-refractivity contribution >= 4 is 17.4 Å². The Morgan fingerprint density at radius 1 is 1.08 bits per heavy atom. The van der Waals surface area contributed by atoms with Crippen LogP contribution in [-0.2, 0) is 10.2 Å². The van der Waals surface area contributed by atoms with E-state index in [-0.39, 0.29) is 18.6 Å². The lowest BCUT2D eigenvalue weighted by molar-refractivity contribution is -0.122. The molecule has 4 rings (SSSR count). The molecule has 190 valence electrons. The van der Waals surface area contributed by atoms with Crippen LogP contribution < -0.4 is 9.80 Å². The summed E-state index contributed by atoms with van der Waals surface area (Å²) >= 11 is 0. The fourth-order valence-electron chi connectivity index (χ4n) is 5.29. The van der Waals surface area contributed by atoms with Crippen LogP contribution in [0.25, 0.3) is 11.1 Å². The molecule has 2 heterocycles. The number of anilines is 2. The van der Waals surface area contributed by atoms with Crippen LogP contribution in [-0.4, -0.2) is 53.4 Å². The summed E-state index contributed by atoms with van der Waals surface area (Å²) in [6, 6.07) is 16.1. The van der Waals surface area contributed by atoms with E-state index in [1.165, 1.54) is 0 Å². The average Bonchev–Trinajstić information content (AvgIpc) is 3.23. The number of hydrogen-bond acceptors (Lipinski definition) is 5. The van der Waals surface area contributed by atoms with Crippen LogP contribution in [0.1, 0.15) is 42.5 Å². The maximum absolute atomic E-state index is 14.0. The second kappa shape index (κ2) is 10.0. The van der Waals surface area contributed by atoms with Crippen molar-refractivity contribution in [3.63, 3.8) is 0 Å². The average molecular weight is 488 g/mol. The molecule has 2 atom stereocenters. The largest absolute Gasteiger partial charge is 0.394 e. The number of carbonyl (C=O) groups excluding carboxylic acids is 1. The third kappa shape index (κ3) is 4.88. The van der Waals surface area contributed by atoms with E-state index in [4.69, 9.17) is 4.98 Å². The summed E-state index contributed by atoms with van der Waals surface area (Å²) < 4.78 is 0. The van der Waals surface area contributed by atoms with Crippen LogP contribution in [0.5, 0.6) is 0 Å². The highest BCUT2D eigenvalue weighted by Crippen LogP contribution is 2.38. The van der Waals surface area contributed by atoms with Crippen LogP contribution in [0.4, 0.5) is 11.5 Å². The SMILES string of the molecule is Cc1cc(C)cc(C(C)(C)C(=O)N(C)c2cnc(N3C[C@H](O)C[C@H]3CO)cc2-c2ccccc2C)c1. The van der Waals surface area contributed by atoms with Gasteiger partial charge in [-0.25, -0.2) is 4.98 Å². The van der Waals surface area contributed by atoms with Gasteiger partial charge in [0.25, 0.3) is 0 Å². The first kappa shape index (κ1) is 25.9. The number of pyridine rings is 1. The monoisotopic (exact) mass is 487 g/mol. The molecule has 0 saturated carbocycles. The molecule has 1 aromatic heterocycles. The molecule has 0 bridgehead atoms. The summed E-state index contributed by atoms with van der Waals surface area (Å²) in [5, 5.41) is 20.1. The molecule has 6 nitrogen and oxygen atoms in total. The van der Waals surface area contributed by atoms with E-state index in [1.54, 1.807) is 18.1 Å². The van der Waals surface area contributed by atoms with E-state index in [1.807, 2.05) is 43.0 Å². The molecule has 3 aromatic rings. The fourth-order valence-corrected chi connectivity index (χ4v) is 5.29. The van der Waals surface area contributed by atoms with Crippen molar-refractivity contribution in [2.45, 2.75) is 58.6 Å². The van der Waals surface area contributed by atoms with Crippen LogP contribution >= 0.6 is 0 Å². The number of β-amino-alcohol motifs (C(OH)–C–C–N with tert-alkyl or cyclic N) is 1. The molecular formula is C30H37N3O3. The minimum Gasteiger partial charge on any atom is -0.394 e. The van der Waals surface area contributed by atoms with Crippen LogP contribution in [0.2, 0.25) is 0 Å². The van der Waals surface area contributed by atoms with Crippen molar-refractivity contribution in [1.29, 1.82) is 0 Å². The van der Waals surface area contributed by atoms with Crippen LogP contribution in [0.3, 0.4) is 0 Å². The van der Waals surface area contributed by atoms with Crippen molar-refractivity contribution in [2.75, 3.05) is 30.0 Å². The highest BCUT2D eigenvalue weighted by molar-refractivity contribution is 6.03. The Labute approximate surface area is 214 Å². The first-order valence-electron chi connectivity index (χ1n) is 12.5. The van der Waals surface area contributed by atoms with E-state index in [9.17, 15) is 15.0 Å². The van der Waals surface area contributed by atoms with Gasteiger partial charge in [-0.1, -0.05) is 53.6 Å². The molecule has 2 aromatic carbocycles.